The van der Waals surface area contributed by atoms with Crippen LogP contribution < -0.4 is 10.2 Å². The summed E-state index contributed by atoms with van der Waals surface area (Å²) < 4.78 is 13.9. The minimum absolute atomic E-state index is 0.110. The lowest BCUT2D eigenvalue weighted by atomic mass is 10.0. The fourth-order valence-electron chi connectivity index (χ4n) is 2.88. The molecule has 1 aromatic rings. The molecule has 0 aliphatic heterocycles. The van der Waals surface area contributed by atoms with E-state index in [2.05, 4.69) is 38.0 Å². The first-order chi connectivity index (χ1) is 9.43. The van der Waals surface area contributed by atoms with Crippen molar-refractivity contribution in [3.63, 3.8) is 0 Å². The molecule has 0 heterocycles. The van der Waals surface area contributed by atoms with Crippen molar-refractivity contribution < 1.29 is 4.39 Å². The van der Waals surface area contributed by atoms with Gasteiger partial charge in [-0.2, -0.15) is 0 Å². The lowest BCUT2D eigenvalue weighted by molar-refractivity contribution is 0.577. The van der Waals surface area contributed by atoms with Crippen LogP contribution in [0.5, 0.6) is 0 Å². The average molecular weight is 278 g/mol. The Morgan fingerprint density at radius 2 is 2.10 bits per heavy atom. The zero-order chi connectivity index (χ0) is 14.9. The summed E-state index contributed by atoms with van der Waals surface area (Å²) in [6, 6.07) is 3.86. The average Bonchev–Trinajstić information content (AvgIpc) is 3.07. The normalized spacial score (nSPS) is 22.7. The first-order valence-electron chi connectivity index (χ1n) is 7.68. The Hall–Kier alpha value is -1.09. The van der Waals surface area contributed by atoms with E-state index >= 15 is 0 Å². The second kappa shape index (κ2) is 6.13. The second-order valence-corrected chi connectivity index (χ2v) is 6.29. The third kappa shape index (κ3) is 3.32. The molecule has 0 spiro atoms. The SMILES string of the molecule is CCNC(C)c1cc(F)c(C)cc1N(C)CC1CC1C. The molecule has 0 amide bonds. The number of nitrogens with zero attached hydrogens (tertiary/aromatic N) is 1. The van der Waals surface area contributed by atoms with Gasteiger partial charge in [0.2, 0.25) is 0 Å². The molecular weight excluding hydrogens is 251 g/mol. The van der Waals surface area contributed by atoms with E-state index in [1.165, 1.54) is 6.42 Å². The van der Waals surface area contributed by atoms with Crippen molar-refractivity contribution in [1.82, 2.24) is 5.32 Å². The molecule has 0 aromatic heterocycles. The van der Waals surface area contributed by atoms with Crippen LogP contribution in [0, 0.1) is 24.6 Å². The number of benzene rings is 1. The van der Waals surface area contributed by atoms with Crippen LogP contribution >= 0.6 is 0 Å². The molecule has 3 heteroatoms. The largest absolute Gasteiger partial charge is 0.374 e. The standard InChI is InChI=1S/C17H27FN2/c1-6-19-13(4)15-9-16(18)12(3)8-17(15)20(5)10-14-7-11(14)2/h8-9,11,13-14,19H,6-7,10H2,1-5H3. The highest BCUT2D eigenvalue weighted by molar-refractivity contribution is 5.56. The highest BCUT2D eigenvalue weighted by atomic mass is 19.1. The maximum absolute atomic E-state index is 13.9. The van der Waals surface area contributed by atoms with Crippen LogP contribution in [0.3, 0.4) is 0 Å². The molecule has 1 aliphatic rings. The fourth-order valence-corrected chi connectivity index (χ4v) is 2.88. The summed E-state index contributed by atoms with van der Waals surface area (Å²) in [5.41, 5.74) is 2.95. The number of halogens is 1. The predicted octanol–water partition coefficient (Wildman–Crippen LogP) is 3.90. The zero-order valence-electron chi connectivity index (χ0n) is 13.3. The van der Waals surface area contributed by atoms with E-state index in [1.54, 1.807) is 6.07 Å². The maximum Gasteiger partial charge on any atom is 0.126 e. The van der Waals surface area contributed by atoms with Gasteiger partial charge in [0.15, 0.2) is 0 Å². The highest BCUT2D eigenvalue weighted by Gasteiger charge is 2.33. The molecule has 3 unspecified atom stereocenters. The van der Waals surface area contributed by atoms with Crippen LogP contribution in [0.1, 0.15) is 44.4 Å². The van der Waals surface area contributed by atoms with Crippen LogP contribution in [0.2, 0.25) is 0 Å². The topological polar surface area (TPSA) is 15.3 Å². The van der Waals surface area contributed by atoms with Gasteiger partial charge in [-0.3, -0.25) is 0 Å². The van der Waals surface area contributed by atoms with Crippen molar-refractivity contribution in [2.75, 3.05) is 25.0 Å². The minimum Gasteiger partial charge on any atom is -0.374 e. The Kier molecular flexibility index (Phi) is 4.69. The van der Waals surface area contributed by atoms with Gasteiger partial charge in [-0.05, 0) is 61.9 Å². The Balaban J connectivity index is 2.26. The smallest absolute Gasteiger partial charge is 0.126 e. The molecule has 112 valence electrons. The molecule has 20 heavy (non-hydrogen) atoms. The second-order valence-electron chi connectivity index (χ2n) is 6.29. The van der Waals surface area contributed by atoms with Crippen LogP contribution in [0.25, 0.3) is 0 Å². The van der Waals surface area contributed by atoms with Gasteiger partial charge in [-0.25, -0.2) is 4.39 Å². The van der Waals surface area contributed by atoms with E-state index < -0.39 is 0 Å². The van der Waals surface area contributed by atoms with Crippen LogP contribution in [0.4, 0.5) is 10.1 Å². The summed E-state index contributed by atoms with van der Waals surface area (Å²) in [5, 5.41) is 3.39. The van der Waals surface area contributed by atoms with Gasteiger partial charge >= 0.3 is 0 Å². The lowest BCUT2D eigenvalue weighted by Gasteiger charge is -2.26. The van der Waals surface area contributed by atoms with Crippen molar-refractivity contribution in [2.45, 2.75) is 40.2 Å². The fraction of sp³-hybridized carbons (Fsp3) is 0.647. The quantitative estimate of drug-likeness (QED) is 0.849. The Morgan fingerprint density at radius 3 is 2.65 bits per heavy atom. The summed E-state index contributed by atoms with van der Waals surface area (Å²) in [6.07, 6.45) is 1.32. The predicted molar refractivity (Wildman–Crippen MR) is 83.8 cm³/mol. The van der Waals surface area contributed by atoms with Gasteiger partial charge in [0.05, 0.1) is 0 Å². The molecule has 3 atom stereocenters. The molecule has 1 aromatic carbocycles. The van der Waals surface area contributed by atoms with Crippen molar-refractivity contribution in [3.05, 3.63) is 29.1 Å². The van der Waals surface area contributed by atoms with Crippen molar-refractivity contribution in [3.8, 4) is 0 Å². The third-order valence-corrected chi connectivity index (χ3v) is 4.48. The van der Waals surface area contributed by atoms with E-state index in [9.17, 15) is 4.39 Å². The molecule has 1 N–H and O–H groups in total. The number of hydrogen-bond donors (Lipinski definition) is 1. The van der Waals surface area contributed by atoms with E-state index in [4.69, 9.17) is 0 Å². The van der Waals surface area contributed by atoms with Crippen LogP contribution in [-0.2, 0) is 0 Å². The third-order valence-electron chi connectivity index (χ3n) is 4.48. The summed E-state index contributed by atoms with van der Waals surface area (Å²) in [7, 11) is 2.12. The van der Waals surface area contributed by atoms with Crippen LogP contribution in [0.15, 0.2) is 12.1 Å². The molecule has 0 bridgehead atoms. The maximum atomic E-state index is 13.9. The molecule has 0 saturated heterocycles. The van der Waals surface area contributed by atoms with Gasteiger partial charge in [0.1, 0.15) is 5.82 Å². The van der Waals surface area contributed by atoms with Gasteiger partial charge < -0.3 is 10.2 Å². The van der Waals surface area contributed by atoms with Gasteiger partial charge in [-0.15, -0.1) is 0 Å². The number of nitrogens with one attached hydrogen (secondary N) is 1. The Labute approximate surface area is 122 Å². The molecule has 2 nitrogen and oxygen atoms in total. The highest BCUT2D eigenvalue weighted by Crippen LogP contribution is 2.39. The Morgan fingerprint density at radius 1 is 1.45 bits per heavy atom. The zero-order valence-corrected chi connectivity index (χ0v) is 13.3. The van der Waals surface area contributed by atoms with Crippen molar-refractivity contribution in [2.24, 2.45) is 11.8 Å². The summed E-state index contributed by atoms with van der Waals surface area (Å²) in [4.78, 5) is 2.30. The number of hydrogen-bond acceptors (Lipinski definition) is 2. The van der Waals surface area contributed by atoms with Gasteiger partial charge in [0, 0.05) is 25.3 Å². The van der Waals surface area contributed by atoms with Gasteiger partial charge in [0.25, 0.3) is 0 Å². The summed E-state index contributed by atoms with van der Waals surface area (Å²) in [5.74, 6) is 1.53. The lowest BCUT2D eigenvalue weighted by Crippen LogP contribution is -2.25. The van der Waals surface area contributed by atoms with E-state index in [0.29, 0.717) is 0 Å². The van der Waals surface area contributed by atoms with E-state index in [1.807, 2.05) is 13.0 Å². The van der Waals surface area contributed by atoms with Crippen molar-refractivity contribution >= 4 is 5.69 Å². The molecule has 1 saturated carbocycles. The number of rotatable bonds is 6. The van der Waals surface area contributed by atoms with E-state index in [-0.39, 0.29) is 11.9 Å². The Bertz CT molecular complexity index is 472. The first-order valence-corrected chi connectivity index (χ1v) is 7.68. The monoisotopic (exact) mass is 278 g/mol. The van der Waals surface area contributed by atoms with E-state index in [0.717, 1.165) is 41.7 Å². The molecule has 1 aliphatic carbocycles. The molecular formula is C17H27FN2. The number of anilines is 1. The minimum atomic E-state index is -0.110. The molecule has 1 fully saturated rings. The van der Waals surface area contributed by atoms with Crippen LogP contribution in [-0.4, -0.2) is 20.1 Å². The first kappa shape index (κ1) is 15.3. The van der Waals surface area contributed by atoms with Crippen molar-refractivity contribution in [1.29, 1.82) is 0 Å². The summed E-state index contributed by atoms with van der Waals surface area (Å²) >= 11 is 0. The molecule has 2 rings (SSSR count). The molecule has 0 radical (unpaired) electrons. The number of aryl methyl sites for hydroxylation is 1. The summed E-state index contributed by atoms with van der Waals surface area (Å²) in [6.45, 7) is 10.3. The van der Waals surface area contributed by atoms with Gasteiger partial charge in [-0.1, -0.05) is 13.8 Å².